The monoisotopic (exact) mass is 501 g/mol. The van der Waals surface area contributed by atoms with Crippen molar-refractivity contribution in [2.75, 3.05) is 23.9 Å². The molecule has 3 aromatic rings. The Kier molecular flexibility index (Phi) is 7.83. The SMILES string of the molecule is CCOC(=O)c1cccc(NC(=O)CC2C(=O)N(c3ccccc3)C(=O)N2Cc2cccc(OC)c2)c1. The number of imide groups is 1. The molecule has 0 aromatic heterocycles. The average Bonchev–Trinajstić information content (AvgIpc) is 3.13. The van der Waals surface area contributed by atoms with E-state index in [1.165, 1.54) is 11.0 Å². The number of methoxy groups -OCH3 is 1. The Hall–Kier alpha value is -4.66. The molecule has 0 aliphatic carbocycles. The molecule has 1 fully saturated rings. The number of ether oxygens (including phenoxy) is 2. The van der Waals surface area contributed by atoms with Crippen LogP contribution in [0.5, 0.6) is 5.75 Å². The largest absolute Gasteiger partial charge is 0.497 e. The van der Waals surface area contributed by atoms with Gasteiger partial charge in [0.25, 0.3) is 5.91 Å². The van der Waals surface area contributed by atoms with Gasteiger partial charge in [0.05, 0.1) is 31.4 Å². The van der Waals surface area contributed by atoms with Crippen molar-refractivity contribution in [3.63, 3.8) is 0 Å². The molecule has 0 saturated carbocycles. The van der Waals surface area contributed by atoms with Crippen molar-refractivity contribution in [2.45, 2.75) is 25.9 Å². The van der Waals surface area contributed by atoms with E-state index in [1.807, 2.05) is 6.07 Å². The number of hydrogen-bond acceptors (Lipinski definition) is 6. The number of carbonyl (C=O) groups excluding carboxylic acids is 4. The molecular weight excluding hydrogens is 474 g/mol. The average molecular weight is 502 g/mol. The number of nitrogens with one attached hydrogen (secondary N) is 1. The van der Waals surface area contributed by atoms with Crippen LogP contribution in [-0.4, -0.2) is 48.5 Å². The summed E-state index contributed by atoms with van der Waals surface area (Å²) in [5.74, 6) is -0.850. The van der Waals surface area contributed by atoms with Crippen LogP contribution in [0.1, 0.15) is 29.3 Å². The van der Waals surface area contributed by atoms with E-state index in [0.29, 0.717) is 22.7 Å². The van der Waals surface area contributed by atoms with Crippen LogP contribution in [0.15, 0.2) is 78.9 Å². The lowest BCUT2D eigenvalue weighted by Gasteiger charge is -2.22. The summed E-state index contributed by atoms with van der Waals surface area (Å²) in [5.41, 5.74) is 1.86. The zero-order valence-corrected chi connectivity index (χ0v) is 20.5. The molecule has 1 aliphatic rings. The minimum absolute atomic E-state index is 0.112. The van der Waals surface area contributed by atoms with Crippen molar-refractivity contribution in [3.05, 3.63) is 90.0 Å². The Bertz CT molecular complexity index is 1310. The summed E-state index contributed by atoms with van der Waals surface area (Å²) in [5, 5.41) is 2.72. The molecule has 190 valence electrons. The summed E-state index contributed by atoms with van der Waals surface area (Å²) in [6, 6.07) is 20.6. The van der Waals surface area contributed by atoms with Gasteiger partial charge in [-0.15, -0.1) is 0 Å². The van der Waals surface area contributed by atoms with E-state index in [4.69, 9.17) is 9.47 Å². The Morgan fingerprint density at radius 1 is 0.946 bits per heavy atom. The molecule has 9 heteroatoms. The lowest BCUT2D eigenvalue weighted by molar-refractivity contribution is -0.124. The highest BCUT2D eigenvalue weighted by Gasteiger charge is 2.46. The van der Waals surface area contributed by atoms with Gasteiger partial charge in [0.15, 0.2) is 0 Å². The highest BCUT2D eigenvalue weighted by molar-refractivity contribution is 6.22. The molecule has 9 nitrogen and oxygen atoms in total. The van der Waals surface area contributed by atoms with Crippen LogP contribution in [0.4, 0.5) is 16.2 Å². The van der Waals surface area contributed by atoms with Crippen molar-refractivity contribution in [3.8, 4) is 5.75 Å². The third-order valence-electron chi connectivity index (χ3n) is 5.86. The first-order chi connectivity index (χ1) is 17.9. The standard InChI is InChI=1S/C28H27N3O6/c1-3-37-27(34)20-10-8-11-21(16-20)29-25(32)17-24-26(33)31(22-12-5-4-6-13-22)28(35)30(24)18-19-9-7-14-23(15-19)36-2/h4-16,24H,3,17-18H2,1-2H3,(H,29,32). The summed E-state index contributed by atoms with van der Waals surface area (Å²) >= 11 is 0. The van der Waals surface area contributed by atoms with E-state index in [2.05, 4.69) is 5.32 Å². The Morgan fingerprint density at radius 3 is 2.43 bits per heavy atom. The van der Waals surface area contributed by atoms with E-state index in [9.17, 15) is 19.2 Å². The third-order valence-corrected chi connectivity index (χ3v) is 5.86. The lowest BCUT2D eigenvalue weighted by atomic mass is 10.1. The van der Waals surface area contributed by atoms with Crippen molar-refractivity contribution in [1.82, 2.24) is 4.90 Å². The minimum atomic E-state index is -1.02. The first-order valence-electron chi connectivity index (χ1n) is 11.8. The molecular formula is C28H27N3O6. The number of nitrogens with zero attached hydrogens (tertiary/aromatic N) is 2. The molecule has 0 radical (unpaired) electrons. The number of para-hydroxylation sites is 1. The lowest BCUT2D eigenvalue weighted by Crippen LogP contribution is -2.37. The van der Waals surface area contributed by atoms with E-state index in [-0.39, 0.29) is 19.6 Å². The van der Waals surface area contributed by atoms with E-state index < -0.39 is 29.9 Å². The van der Waals surface area contributed by atoms with Gasteiger partial charge in [-0.05, 0) is 55.0 Å². The van der Waals surface area contributed by atoms with Gasteiger partial charge in [-0.25, -0.2) is 14.5 Å². The molecule has 1 atom stereocenters. The third kappa shape index (κ3) is 5.78. The second-order valence-electron chi connectivity index (χ2n) is 8.34. The summed E-state index contributed by atoms with van der Waals surface area (Å²) in [6.07, 6.45) is -0.262. The number of anilines is 2. The summed E-state index contributed by atoms with van der Waals surface area (Å²) in [7, 11) is 1.55. The minimum Gasteiger partial charge on any atom is -0.497 e. The predicted octanol–water partition coefficient (Wildman–Crippen LogP) is 4.24. The van der Waals surface area contributed by atoms with Gasteiger partial charge >= 0.3 is 12.0 Å². The van der Waals surface area contributed by atoms with Crippen LogP contribution in [0, 0.1) is 0 Å². The number of hydrogen-bond donors (Lipinski definition) is 1. The Balaban J connectivity index is 1.57. The number of urea groups is 1. The van der Waals surface area contributed by atoms with Gasteiger partial charge in [0, 0.05) is 12.2 Å². The van der Waals surface area contributed by atoms with Crippen molar-refractivity contribution in [2.24, 2.45) is 0 Å². The van der Waals surface area contributed by atoms with Crippen LogP contribution < -0.4 is 15.0 Å². The normalized spacial score (nSPS) is 15.0. The van der Waals surface area contributed by atoms with Crippen LogP contribution in [-0.2, 0) is 20.9 Å². The van der Waals surface area contributed by atoms with Crippen molar-refractivity contribution < 1.29 is 28.7 Å². The number of rotatable bonds is 9. The second-order valence-corrected chi connectivity index (χ2v) is 8.34. The number of amides is 4. The molecule has 1 unspecified atom stereocenters. The highest BCUT2D eigenvalue weighted by atomic mass is 16.5. The quantitative estimate of drug-likeness (QED) is 0.347. The first-order valence-corrected chi connectivity index (χ1v) is 11.8. The number of benzene rings is 3. The van der Waals surface area contributed by atoms with Gasteiger partial charge in [-0.2, -0.15) is 0 Å². The van der Waals surface area contributed by atoms with Crippen molar-refractivity contribution in [1.29, 1.82) is 0 Å². The molecule has 0 spiro atoms. The van der Waals surface area contributed by atoms with Gasteiger partial charge in [-0.1, -0.05) is 36.4 Å². The van der Waals surface area contributed by atoms with E-state index in [1.54, 1.807) is 80.8 Å². The summed E-state index contributed by atoms with van der Waals surface area (Å²) < 4.78 is 10.3. The maximum absolute atomic E-state index is 13.4. The number of carbonyl (C=O) groups is 4. The topological polar surface area (TPSA) is 105 Å². The zero-order valence-electron chi connectivity index (χ0n) is 20.5. The van der Waals surface area contributed by atoms with Gasteiger partial charge < -0.3 is 19.7 Å². The van der Waals surface area contributed by atoms with Gasteiger partial charge in [0.1, 0.15) is 11.8 Å². The second kappa shape index (κ2) is 11.4. The predicted molar refractivity (Wildman–Crippen MR) is 137 cm³/mol. The van der Waals surface area contributed by atoms with Crippen LogP contribution in [0.25, 0.3) is 0 Å². The molecule has 0 bridgehead atoms. The molecule has 1 saturated heterocycles. The fraction of sp³-hybridized carbons (Fsp3) is 0.214. The van der Waals surface area contributed by atoms with Gasteiger partial charge in [0.2, 0.25) is 5.91 Å². The summed E-state index contributed by atoms with van der Waals surface area (Å²) in [4.78, 5) is 54.4. The van der Waals surface area contributed by atoms with Crippen LogP contribution in [0.3, 0.4) is 0 Å². The Labute approximate surface area is 214 Å². The first kappa shape index (κ1) is 25.4. The zero-order chi connectivity index (χ0) is 26.4. The fourth-order valence-electron chi connectivity index (χ4n) is 4.12. The molecule has 37 heavy (non-hydrogen) atoms. The Morgan fingerprint density at radius 2 is 1.70 bits per heavy atom. The molecule has 4 rings (SSSR count). The summed E-state index contributed by atoms with van der Waals surface area (Å²) in [6.45, 7) is 2.05. The van der Waals surface area contributed by atoms with Crippen molar-refractivity contribution >= 4 is 35.2 Å². The van der Waals surface area contributed by atoms with Crippen LogP contribution in [0.2, 0.25) is 0 Å². The molecule has 1 N–H and O–H groups in total. The van der Waals surface area contributed by atoms with Crippen LogP contribution >= 0.6 is 0 Å². The van der Waals surface area contributed by atoms with Gasteiger partial charge in [-0.3, -0.25) is 9.59 Å². The molecule has 4 amide bonds. The smallest absolute Gasteiger partial charge is 0.338 e. The van der Waals surface area contributed by atoms with E-state index in [0.717, 1.165) is 10.5 Å². The maximum atomic E-state index is 13.4. The fourth-order valence-corrected chi connectivity index (χ4v) is 4.12. The highest BCUT2D eigenvalue weighted by Crippen LogP contribution is 2.29. The number of esters is 1. The molecule has 1 heterocycles. The molecule has 3 aromatic carbocycles. The van der Waals surface area contributed by atoms with E-state index >= 15 is 0 Å². The maximum Gasteiger partial charge on any atom is 0.338 e. The molecule has 1 aliphatic heterocycles.